The lowest BCUT2D eigenvalue weighted by atomic mass is 10.1. The van der Waals surface area contributed by atoms with Crippen LogP contribution in [-0.4, -0.2) is 37.8 Å². The molecule has 1 aliphatic heterocycles. The molecule has 2 unspecified atom stereocenters. The minimum Gasteiger partial charge on any atom is -0.391 e. The van der Waals surface area contributed by atoms with Crippen molar-refractivity contribution in [2.75, 3.05) is 11.5 Å². The molecule has 1 N–H and O–H groups in total. The van der Waals surface area contributed by atoms with Crippen LogP contribution in [0.1, 0.15) is 17.4 Å². The van der Waals surface area contributed by atoms with E-state index in [9.17, 15) is 5.11 Å². The zero-order valence-electron chi connectivity index (χ0n) is 9.91. The topological polar surface area (TPSA) is 72.0 Å². The largest absolute Gasteiger partial charge is 0.391 e. The highest BCUT2D eigenvalue weighted by Gasteiger charge is 2.32. The molecular formula is C12H13N3O2S. The fourth-order valence-electron chi connectivity index (χ4n) is 1.97. The van der Waals surface area contributed by atoms with Crippen LogP contribution in [0.3, 0.4) is 0 Å². The van der Waals surface area contributed by atoms with Gasteiger partial charge in [-0.25, -0.2) is 0 Å². The zero-order valence-corrected chi connectivity index (χ0v) is 10.7. The number of aliphatic hydroxyl groups excluding tert-OH is 1. The molecule has 1 saturated heterocycles. The van der Waals surface area contributed by atoms with Crippen molar-refractivity contribution in [1.29, 1.82) is 0 Å². The molecule has 3 rings (SSSR count). The van der Waals surface area contributed by atoms with E-state index in [0.29, 0.717) is 11.7 Å². The van der Waals surface area contributed by atoms with E-state index in [1.165, 1.54) is 0 Å². The number of aliphatic hydroxyl groups is 1. The van der Waals surface area contributed by atoms with Crippen LogP contribution < -0.4 is 0 Å². The van der Waals surface area contributed by atoms with E-state index in [-0.39, 0.29) is 5.92 Å². The number of pyridine rings is 1. The van der Waals surface area contributed by atoms with E-state index in [2.05, 4.69) is 15.1 Å². The molecule has 0 aliphatic carbocycles. The molecule has 94 valence electrons. The smallest absolute Gasteiger partial charge is 0.233 e. The molecule has 1 fully saturated rings. The van der Waals surface area contributed by atoms with Gasteiger partial charge < -0.3 is 9.63 Å². The summed E-state index contributed by atoms with van der Waals surface area (Å²) in [6.07, 6.45) is 3.07. The van der Waals surface area contributed by atoms with Gasteiger partial charge >= 0.3 is 0 Å². The van der Waals surface area contributed by atoms with Crippen LogP contribution in [0.4, 0.5) is 0 Å². The standard InChI is InChI=1S/C12H13N3O2S/c1-7-2-3-13-4-8(7)11-14-12(17-15-11)9-5-18-6-10(9)16/h2-4,9-10,16H,5-6H2,1H3. The van der Waals surface area contributed by atoms with Crippen molar-refractivity contribution in [3.8, 4) is 11.4 Å². The number of thioether (sulfide) groups is 1. The van der Waals surface area contributed by atoms with E-state index in [0.717, 1.165) is 22.6 Å². The van der Waals surface area contributed by atoms with E-state index >= 15 is 0 Å². The summed E-state index contributed by atoms with van der Waals surface area (Å²) in [4.78, 5) is 8.45. The number of rotatable bonds is 2. The Morgan fingerprint density at radius 2 is 2.33 bits per heavy atom. The van der Waals surface area contributed by atoms with E-state index in [1.807, 2.05) is 13.0 Å². The molecule has 2 aromatic rings. The Balaban J connectivity index is 1.92. The summed E-state index contributed by atoms with van der Waals surface area (Å²) in [5.41, 5.74) is 1.92. The van der Waals surface area contributed by atoms with Gasteiger partial charge in [-0.05, 0) is 18.6 Å². The van der Waals surface area contributed by atoms with Crippen molar-refractivity contribution < 1.29 is 9.63 Å². The predicted molar refractivity (Wildman–Crippen MR) is 68.3 cm³/mol. The monoisotopic (exact) mass is 263 g/mol. The summed E-state index contributed by atoms with van der Waals surface area (Å²) in [6, 6.07) is 1.91. The maximum Gasteiger partial charge on any atom is 0.233 e. The number of hydrogen-bond donors (Lipinski definition) is 1. The molecule has 3 heterocycles. The maximum absolute atomic E-state index is 9.82. The Hall–Kier alpha value is -1.40. The highest BCUT2D eigenvalue weighted by Crippen LogP contribution is 2.32. The molecule has 0 radical (unpaired) electrons. The molecule has 0 amide bonds. The van der Waals surface area contributed by atoms with Crippen LogP contribution in [0.2, 0.25) is 0 Å². The fraction of sp³-hybridized carbons (Fsp3) is 0.417. The first kappa shape index (κ1) is 11.7. The third kappa shape index (κ3) is 2.02. The van der Waals surface area contributed by atoms with Crippen LogP contribution >= 0.6 is 11.8 Å². The van der Waals surface area contributed by atoms with Crippen molar-refractivity contribution >= 4 is 11.8 Å². The summed E-state index contributed by atoms with van der Waals surface area (Å²) in [5.74, 6) is 2.57. The molecule has 5 nitrogen and oxygen atoms in total. The van der Waals surface area contributed by atoms with Crippen molar-refractivity contribution in [2.45, 2.75) is 18.9 Å². The number of aryl methyl sites for hydroxylation is 1. The highest BCUT2D eigenvalue weighted by atomic mass is 32.2. The lowest BCUT2D eigenvalue weighted by molar-refractivity contribution is 0.164. The van der Waals surface area contributed by atoms with Crippen LogP contribution in [0.15, 0.2) is 23.0 Å². The first-order valence-electron chi connectivity index (χ1n) is 5.76. The molecule has 2 aromatic heterocycles. The van der Waals surface area contributed by atoms with E-state index in [1.54, 1.807) is 24.2 Å². The second kappa shape index (κ2) is 4.70. The van der Waals surface area contributed by atoms with Gasteiger partial charge in [-0.3, -0.25) is 4.98 Å². The Morgan fingerprint density at radius 1 is 1.44 bits per heavy atom. The quantitative estimate of drug-likeness (QED) is 0.888. The van der Waals surface area contributed by atoms with E-state index < -0.39 is 6.10 Å². The molecule has 0 saturated carbocycles. The van der Waals surface area contributed by atoms with Gasteiger partial charge in [0.2, 0.25) is 11.7 Å². The van der Waals surface area contributed by atoms with E-state index in [4.69, 9.17) is 4.52 Å². The van der Waals surface area contributed by atoms with Crippen molar-refractivity contribution in [2.24, 2.45) is 0 Å². The Kier molecular flexibility index (Phi) is 3.05. The molecule has 0 spiro atoms. The van der Waals surface area contributed by atoms with Crippen LogP contribution in [0, 0.1) is 6.92 Å². The number of hydrogen-bond acceptors (Lipinski definition) is 6. The maximum atomic E-state index is 9.82. The van der Waals surface area contributed by atoms with Crippen LogP contribution in [0.5, 0.6) is 0 Å². The molecular weight excluding hydrogens is 250 g/mol. The minimum absolute atomic E-state index is 0.0479. The summed E-state index contributed by atoms with van der Waals surface area (Å²) >= 11 is 1.70. The van der Waals surface area contributed by atoms with Gasteiger partial charge in [0.05, 0.1) is 12.0 Å². The first-order valence-corrected chi connectivity index (χ1v) is 6.91. The molecule has 18 heavy (non-hydrogen) atoms. The summed E-state index contributed by atoms with van der Waals surface area (Å²) in [6.45, 7) is 1.98. The molecule has 2 atom stereocenters. The Morgan fingerprint density at radius 3 is 3.06 bits per heavy atom. The third-order valence-corrected chi connectivity index (χ3v) is 4.26. The Labute approximate surface area is 109 Å². The number of aromatic nitrogens is 3. The summed E-state index contributed by atoms with van der Waals surface area (Å²) in [5, 5.41) is 13.8. The number of nitrogens with zero attached hydrogens (tertiary/aromatic N) is 3. The minimum atomic E-state index is -0.390. The predicted octanol–water partition coefficient (Wildman–Crippen LogP) is 1.63. The zero-order chi connectivity index (χ0) is 12.5. The van der Waals surface area contributed by atoms with Crippen LogP contribution in [-0.2, 0) is 0 Å². The van der Waals surface area contributed by atoms with Crippen LogP contribution in [0.25, 0.3) is 11.4 Å². The van der Waals surface area contributed by atoms with Gasteiger partial charge in [-0.1, -0.05) is 5.16 Å². The average Bonchev–Trinajstić information content (AvgIpc) is 2.98. The lowest BCUT2D eigenvalue weighted by Crippen LogP contribution is -2.15. The molecule has 1 aliphatic rings. The van der Waals surface area contributed by atoms with Gasteiger partial charge in [0.15, 0.2) is 0 Å². The second-order valence-electron chi connectivity index (χ2n) is 4.36. The average molecular weight is 263 g/mol. The van der Waals surface area contributed by atoms with Gasteiger partial charge in [0, 0.05) is 29.5 Å². The first-order chi connectivity index (χ1) is 8.75. The molecule has 6 heteroatoms. The van der Waals surface area contributed by atoms with Crippen molar-refractivity contribution in [3.63, 3.8) is 0 Å². The van der Waals surface area contributed by atoms with Crippen molar-refractivity contribution in [3.05, 3.63) is 29.9 Å². The lowest BCUT2D eigenvalue weighted by Gasteiger charge is -2.06. The summed E-state index contributed by atoms with van der Waals surface area (Å²) in [7, 11) is 0. The highest BCUT2D eigenvalue weighted by molar-refractivity contribution is 7.99. The van der Waals surface area contributed by atoms with Crippen molar-refractivity contribution in [1.82, 2.24) is 15.1 Å². The van der Waals surface area contributed by atoms with Gasteiger partial charge in [-0.2, -0.15) is 16.7 Å². The molecule has 0 bridgehead atoms. The fourth-order valence-corrected chi connectivity index (χ4v) is 3.20. The molecule has 0 aromatic carbocycles. The van der Waals surface area contributed by atoms with Gasteiger partial charge in [0.25, 0.3) is 0 Å². The van der Waals surface area contributed by atoms with Gasteiger partial charge in [-0.15, -0.1) is 0 Å². The van der Waals surface area contributed by atoms with Gasteiger partial charge in [0.1, 0.15) is 0 Å². The summed E-state index contributed by atoms with van der Waals surface area (Å²) < 4.78 is 5.27. The second-order valence-corrected chi connectivity index (χ2v) is 5.43. The SMILES string of the molecule is Cc1ccncc1-c1noc(C2CSCC2O)n1. The Bertz CT molecular complexity index is 558. The third-order valence-electron chi connectivity index (χ3n) is 3.09. The normalized spacial score (nSPS) is 23.4.